The zero-order valence-corrected chi connectivity index (χ0v) is 10.4. The average molecular weight is 256 g/mol. The van der Waals surface area contributed by atoms with Gasteiger partial charge in [0.05, 0.1) is 23.9 Å². The van der Waals surface area contributed by atoms with Gasteiger partial charge >= 0.3 is 0 Å². The van der Waals surface area contributed by atoms with Crippen LogP contribution in [0.15, 0.2) is 30.0 Å². The zero-order valence-electron chi connectivity index (χ0n) is 9.67. The minimum absolute atomic E-state index is 0.0120. The van der Waals surface area contributed by atoms with Gasteiger partial charge in [-0.1, -0.05) is 17.7 Å². The molecule has 0 spiro atoms. The van der Waals surface area contributed by atoms with Crippen molar-refractivity contribution in [2.24, 2.45) is 0 Å². The van der Waals surface area contributed by atoms with E-state index in [-0.39, 0.29) is 16.9 Å². The highest BCUT2D eigenvalue weighted by Gasteiger charge is 2.18. The standard InChI is InChI=1S/C13H15ClFNO/c1-16-13(10-3-2-6-17-8-10)9-4-5-11(14)12(15)7-9/h4-5,7-8,13,16H,2-3,6H2,1H3. The largest absolute Gasteiger partial charge is 0.501 e. The zero-order chi connectivity index (χ0) is 12.3. The molecule has 0 aromatic heterocycles. The third-order valence-electron chi connectivity index (χ3n) is 2.90. The van der Waals surface area contributed by atoms with Crippen molar-refractivity contribution in [3.05, 3.63) is 46.4 Å². The molecule has 0 fully saturated rings. The molecule has 0 bridgehead atoms. The van der Waals surface area contributed by atoms with Gasteiger partial charge in [0, 0.05) is 0 Å². The summed E-state index contributed by atoms with van der Waals surface area (Å²) in [7, 11) is 1.85. The molecule has 17 heavy (non-hydrogen) atoms. The fourth-order valence-electron chi connectivity index (χ4n) is 2.05. The Kier molecular flexibility index (Phi) is 4.02. The van der Waals surface area contributed by atoms with Crippen molar-refractivity contribution in [2.75, 3.05) is 13.7 Å². The molecule has 4 heteroatoms. The first-order valence-electron chi connectivity index (χ1n) is 5.65. The third-order valence-corrected chi connectivity index (χ3v) is 3.21. The lowest BCUT2D eigenvalue weighted by molar-refractivity contribution is 0.220. The van der Waals surface area contributed by atoms with E-state index in [0.717, 1.165) is 30.6 Å². The van der Waals surface area contributed by atoms with Gasteiger partial charge in [-0.3, -0.25) is 0 Å². The number of ether oxygens (including phenoxy) is 1. The second-order valence-electron chi connectivity index (χ2n) is 4.06. The smallest absolute Gasteiger partial charge is 0.142 e. The van der Waals surface area contributed by atoms with Crippen LogP contribution in [0.2, 0.25) is 5.02 Å². The van der Waals surface area contributed by atoms with Crippen LogP contribution in [0.3, 0.4) is 0 Å². The Labute approximate surface area is 105 Å². The van der Waals surface area contributed by atoms with Crippen molar-refractivity contribution in [3.8, 4) is 0 Å². The number of halogens is 2. The van der Waals surface area contributed by atoms with Crippen LogP contribution in [0.4, 0.5) is 4.39 Å². The average Bonchev–Trinajstić information content (AvgIpc) is 2.36. The normalized spacial score (nSPS) is 17.2. The number of hydrogen-bond acceptors (Lipinski definition) is 2. The maximum Gasteiger partial charge on any atom is 0.142 e. The Balaban J connectivity index is 2.28. The van der Waals surface area contributed by atoms with Gasteiger partial charge in [-0.15, -0.1) is 0 Å². The summed E-state index contributed by atoms with van der Waals surface area (Å²) in [6.07, 6.45) is 3.74. The molecule has 2 nitrogen and oxygen atoms in total. The second-order valence-corrected chi connectivity index (χ2v) is 4.47. The van der Waals surface area contributed by atoms with Gasteiger partial charge in [0.2, 0.25) is 0 Å². The predicted molar refractivity (Wildman–Crippen MR) is 66.5 cm³/mol. The van der Waals surface area contributed by atoms with E-state index < -0.39 is 0 Å². The van der Waals surface area contributed by atoms with Crippen molar-refractivity contribution >= 4 is 11.6 Å². The van der Waals surface area contributed by atoms with E-state index >= 15 is 0 Å². The molecule has 1 atom stereocenters. The monoisotopic (exact) mass is 255 g/mol. The molecule has 0 saturated carbocycles. The third kappa shape index (κ3) is 2.79. The van der Waals surface area contributed by atoms with Gasteiger partial charge in [-0.25, -0.2) is 4.39 Å². The Morgan fingerprint density at radius 1 is 1.47 bits per heavy atom. The molecule has 1 N–H and O–H groups in total. The van der Waals surface area contributed by atoms with Crippen molar-refractivity contribution in [1.82, 2.24) is 5.32 Å². The van der Waals surface area contributed by atoms with Gasteiger partial charge in [-0.2, -0.15) is 0 Å². The lowest BCUT2D eigenvalue weighted by Gasteiger charge is -2.23. The van der Waals surface area contributed by atoms with E-state index in [4.69, 9.17) is 16.3 Å². The highest BCUT2D eigenvalue weighted by molar-refractivity contribution is 6.30. The summed E-state index contributed by atoms with van der Waals surface area (Å²) in [4.78, 5) is 0. The highest BCUT2D eigenvalue weighted by atomic mass is 35.5. The van der Waals surface area contributed by atoms with Crippen LogP contribution >= 0.6 is 11.6 Å². The first-order chi connectivity index (χ1) is 8.22. The number of rotatable bonds is 3. The van der Waals surface area contributed by atoms with Gasteiger partial charge in [0.1, 0.15) is 5.82 Å². The highest BCUT2D eigenvalue weighted by Crippen LogP contribution is 2.29. The minimum atomic E-state index is -0.387. The van der Waals surface area contributed by atoms with Crippen LogP contribution in [0.25, 0.3) is 0 Å². The molecule has 92 valence electrons. The minimum Gasteiger partial charge on any atom is -0.501 e. The summed E-state index contributed by atoms with van der Waals surface area (Å²) in [6.45, 7) is 0.759. The van der Waals surface area contributed by atoms with Gasteiger partial charge in [-0.05, 0) is 43.2 Å². The first-order valence-corrected chi connectivity index (χ1v) is 6.03. The fourth-order valence-corrected chi connectivity index (χ4v) is 2.17. The van der Waals surface area contributed by atoms with Crippen molar-refractivity contribution < 1.29 is 9.13 Å². The molecule has 1 unspecified atom stereocenters. The topological polar surface area (TPSA) is 21.3 Å². The number of likely N-dealkylation sites (N-methyl/N-ethyl adjacent to an activating group) is 1. The van der Waals surface area contributed by atoms with Crippen molar-refractivity contribution in [2.45, 2.75) is 18.9 Å². The Morgan fingerprint density at radius 3 is 2.88 bits per heavy atom. The fraction of sp³-hybridized carbons (Fsp3) is 0.385. The van der Waals surface area contributed by atoms with Crippen LogP contribution in [0.1, 0.15) is 24.4 Å². The van der Waals surface area contributed by atoms with Gasteiger partial charge in [0.15, 0.2) is 0 Å². The lowest BCUT2D eigenvalue weighted by atomic mass is 9.95. The number of hydrogen-bond donors (Lipinski definition) is 1. The molecular weight excluding hydrogens is 241 g/mol. The summed E-state index contributed by atoms with van der Waals surface area (Å²) < 4.78 is 18.8. The summed E-state index contributed by atoms with van der Waals surface area (Å²) in [5.74, 6) is -0.387. The van der Waals surface area contributed by atoms with E-state index in [0.29, 0.717) is 0 Å². The van der Waals surface area contributed by atoms with Crippen molar-refractivity contribution in [3.63, 3.8) is 0 Å². The molecule has 1 aliphatic rings. The maximum absolute atomic E-state index is 13.4. The first kappa shape index (κ1) is 12.4. The van der Waals surface area contributed by atoms with Crippen LogP contribution in [-0.2, 0) is 4.74 Å². The van der Waals surface area contributed by atoms with E-state index in [2.05, 4.69) is 5.32 Å². The van der Waals surface area contributed by atoms with Gasteiger partial charge in [0.25, 0.3) is 0 Å². The van der Waals surface area contributed by atoms with E-state index in [1.54, 1.807) is 12.3 Å². The van der Waals surface area contributed by atoms with E-state index in [1.165, 1.54) is 6.07 Å². The molecule has 1 aliphatic heterocycles. The molecule has 1 heterocycles. The molecule has 1 aromatic carbocycles. The summed E-state index contributed by atoms with van der Waals surface area (Å²) in [6, 6.07) is 4.88. The maximum atomic E-state index is 13.4. The van der Waals surface area contributed by atoms with E-state index in [1.807, 2.05) is 13.1 Å². The lowest BCUT2D eigenvalue weighted by Crippen LogP contribution is -2.20. The predicted octanol–water partition coefficient (Wildman–Crippen LogP) is 3.43. The molecule has 0 saturated heterocycles. The Morgan fingerprint density at radius 2 is 2.29 bits per heavy atom. The summed E-state index contributed by atoms with van der Waals surface area (Å²) in [5.41, 5.74) is 2.01. The molecule has 1 aromatic rings. The molecule has 2 rings (SSSR count). The molecular formula is C13H15ClFNO. The Bertz CT molecular complexity index is 433. The molecule has 0 amide bonds. The Hall–Kier alpha value is -1.06. The van der Waals surface area contributed by atoms with Crippen LogP contribution in [-0.4, -0.2) is 13.7 Å². The van der Waals surface area contributed by atoms with Gasteiger partial charge < -0.3 is 10.1 Å². The summed E-state index contributed by atoms with van der Waals surface area (Å²) >= 11 is 5.68. The number of benzene rings is 1. The molecule has 0 aliphatic carbocycles. The van der Waals surface area contributed by atoms with Crippen LogP contribution in [0, 0.1) is 5.82 Å². The van der Waals surface area contributed by atoms with Crippen LogP contribution < -0.4 is 5.32 Å². The van der Waals surface area contributed by atoms with E-state index in [9.17, 15) is 4.39 Å². The number of nitrogens with one attached hydrogen (secondary N) is 1. The SMILES string of the molecule is CNC(C1=COCCC1)c1ccc(Cl)c(F)c1. The second kappa shape index (κ2) is 5.52. The van der Waals surface area contributed by atoms with Crippen LogP contribution in [0.5, 0.6) is 0 Å². The van der Waals surface area contributed by atoms with Crippen molar-refractivity contribution in [1.29, 1.82) is 0 Å². The molecule has 0 radical (unpaired) electrons. The quantitative estimate of drug-likeness (QED) is 0.894. The summed E-state index contributed by atoms with van der Waals surface area (Å²) in [5, 5.41) is 3.33.